The van der Waals surface area contributed by atoms with E-state index in [1.165, 1.54) is 0 Å². The third kappa shape index (κ3) is 3.37. The SMILES string of the molecule is Cc1noc(C)c1CNCC1COCc2c(-c3ccsc3)nnn2C1. The van der Waals surface area contributed by atoms with Gasteiger partial charge in [0.05, 0.1) is 24.6 Å². The normalized spacial score (nSPS) is 17.4. The van der Waals surface area contributed by atoms with Gasteiger partial charge in [-0.2, -0.15) is 11.3 Å². The minimum atomic E-state index is 0.346. The number of rotatable bonds is 5. The second-order valence-corrected chi connectivity index (χ2v) is 7.17. The largest absolute Gasteiger partial charge is 0.375 e. The van der Waals surface area contributed by atoms with Gasteiger partial charge in [-0.3, -0.25) is 0 Å². The van der Waals surface area contributed by atoms with E-state index in [1.54, 1.807) is 11.3 Å². The highest BCUT2D eigenvalue weighted by atomic mass is 32.1. The maximum absolute atomic E-state index is 5.90. The Morgan fingerprint density at radius 1 is 1.40 bits per heavy atom. The third-order valence-corrected chi connectivity index (χ3v) is 5.25. The van der Waals surface area contributed by atoms with E-state index in [-0.39, 0.29) is 0 Å². The molecule has 1 aliphatic rings. The van der Waals surface area contributed by atoms with Gasteiger partial charge in [-0.25, -0.2) is 4.68 Å². The molecule has 1 N–H and O–H groups in total. The van der Waals surface area contributed by atoms with Crippen LogP contribution in [0, 0.1) is 19.8 Å². The smallest absolute Gasteiger partial charge is 0.138 e. The first-order chi connectivity index (χ1) is 12.2. The molecule has 0 aromatic carbocycles. The van der Waals surface area contributed by atoms with Gasteiger partial charge in [0.15, 0.2) is 0 Å². The van der Waals surface area contributed by atoms with Crippen LogP contribution in [0.4, 0.5) is 0 Å². The number of nitrogens with one attached hydrogen (secondary N) is 1. The van der Waals surface area contributed by atoms with Crippen LogP contribution in [0.5, 0.6) is 0 Å². The summed E-state index contributed by atoms with van der Waals surface area (Å²) in [5, 5.41) is 20.3. The highest BCUT2D eigenvalue weighted by Crippen LogP contribution is 2.26. The Labute approximate surface area is 150 Å². The highest BCUT2D eigenvalue weighted by Gasteiger charge is 2.22. The van der Waals surface area contributed by atoms with Crippen molar-refractivity contribution >= 4 is 11.3 Å². The Morgan fingerprint density at radius 3 is 3.08 bits per heavy atom. The summed E-state index contributed by atoms with van der Waals surface area (Å²) in [7, 11) is 0. The Kier molecular flexibility index (Phi) is 4.65. The predicted molar refractivity (Wildman–Crippen MR) is 94.2 cm³/mol. The van der Waals surface area contributed by atoms with E-state index in [9.17, 15) is 0 Å². The van der Waals surface area contributed by atoms with Crippen LogP contribution in [0.2, 0.25) is 0 Å². The molecular weight excluding hydrogens is 338 g/mol. The highest BCUT2D eigenvalue weighted by molar-refractivity contribution is 7.08. The van der Waals surface area contributed by atoms with Gasteiger partial charge in [0.1, 0.15) is 11.5 Å². The third-order valence-electron chi connectivity index (χ3n) is 4.57. The van der Waals surface area contributed by atoms with E-state index < -0.39 is 0 Å². The fourth-order valence-electron chi connectivity index (χ4n) is 3.14. The van der Waals surface area contributed by atoms with Crippen LogP contribution in [0.3, 0.4) is 0 Å². The molecule has 0 fully saturated rings. The summed E-state index contributed by atoms with van der Waals surface area (Å²) in [5.41, 5.74) is 5.19. The summed E-state index contributed by atoms with van der Waals surface area (Å²) < 4.78 is 13.1. The van der Waals surface area contributed by atoms with Gasteiger partial charge < -0.3 is 14.6 Å². The Hall–Kier alpha value is -2.03. The van der Waals surface area contributed by atoms with Gasteiger partial charge in [0.2, 0.25) is 0 Å². The van der Waals surface area contributed by atoms with Gasteiger partial charge in [0, 0.05) is 42.1 Å². The summed E-state index contributed by atoms with van der Waals surface area (Å²) in [6.07, 6.45) is 0. The zero-order chi connectivity index (χ0) is 17.2. The number of hydrogen-bond donors (Lipinski definition) is 1. The molecule has 0 amide bonds. The van der Waals surface area contributed by atoms with Crippen molar-refractivity contribution in [3.63, 3.8) is 0 Å². The van der Waals surface area contributed by atoms with Crippen molar-refractivity contribution in [2.75, 3.05) is 13.2 Å². The molecule has 3 aromatic rings. The first-order valence-electron chi connectivity index (χ1n) is 8.37. The van der Waals surface area contributed by atoms with E-state index in [1.807, 2.05) is 18.5 Å². The van der Waals surface area contributed by atoms with Gasteiger partial charge >= 0.3 is 0 Å². The number of fused-ring (bicyclic) bond motifs is 1. The lowest BCUT2D eigenvalue weighted by Gasteiger charge is -2.14. The van der Waals surface area contributed by atoms with Crippen molar-refractivity contribution < 1.29 is 9.26 Å². The number of nitrogens with zero attached hydrogens (tertiary/aromatic N) is 4. The van der Waals surface area contributed by atoms with Crippen LogP contribution >= 0.6 is 11.3 Å². The van der Waals surface area contributed by atoms with Crippen molar-refractivity contribution in [1.29, 1.82) is 0 Å². The van der Waals surface area contributed by atoms with Crippen molar-refractivity contribution in [3.8, 4) is 11.3 Å². The fourth-order valence-corrected chi connectivity index (χ4v) is 3.78. The molecule has 0 radical (unpaired) electrons. The molecule has 8 heteroatoms. The fraction of sp³-hybridized carbons (Fsp3) is 0.471. The molecular formula is C17H21N5O2S. The maximum atomic E-state index is 5.90. The molecule has 7 nitrogen and oxygen atoms in total. The summed E-state index contributed by atoms with van der Waals surface area (Å²) in [6, 6.07) is 2.07. The van der Waals surface area contributed by atoms with Crippen LogP contribution < -0.4 is 5.32 Å². The van der Waals surface area contributed by atoms with Gasteiger partial charge in [-0.05, 0) is 25.3 Å². The molecule has 3 aromatic heterocycles. The molecule has 4 rings (SSSR count). The van der Waals surface area contributed by atoms with E-state index in [0.29, 0.717) is 19.1 Å². The summed E-state index contributed by atoms with van der Waals surface area (Å²) >= 11 is 1.67. The van der Waals surface area contributed by atoms with Crippen molar-refractivity contribution in [3.05, 3.63) is 39.5 Å². The lowest BCUT2D eigenvalue weighted by Crippen LogP contribution is -2.28. The van der Waals surface area contributed by atoms with E-state index in [4.69, 9.17) is 9.26 Å². The number of thiophene rings is 1. The lowest BCUT2D eigenvalue weighted by atomic mass is 10.1. The molecule has 1 atom stereocenters. The second kappa shape index (κ2) is 7.07. The quantitative estimate of drug-likeness (QED) is 0.754. The molecule has 0 saturated heterocycles. The molecule has 0 saturated carbocycles. The molecule has 1 aliphatic heterocycles. The Morgan fingerprint density at radius 2 is 2.32 bits per heavy atom. The molecule has 132 valence electrons. The summed E-state index contributed by atoms with van der Waals surface area (Å²) in [5.74, 6) is 1.22. The topological polar surface area (TPSA) is 78.0 Å². The zero-order valence-electron chi connectivity index (χ0n) is 14.4. The molecule has 0 aliphatic carbocycles. The predicted octanol–water partition coefficient (Wildman–Crippen LogP) is 2.55. The molecule has 0 bridgehead atoms. The van der Waals surface area contributed by atoms with E-state index in [0.717, 1.165) is 53.6 Å². The number of hydrogen-bond acceptors (Lipinski definition) is 7. The Balaban J connectivity index is 1.40. The van der Waals surface area contributed by atoms with Gasteiger partial charge in [-0.1, -0.05) is 10.4 Å². The first-order valence-corrected chi connectivity index (χ1v) is 9.31. The monoisotopic (exact) mass is 359 g/mol. The zero-order valence-corrected chi connectivity index (χ0v) is 15.2. The maximum Gasteiger partial charge on any atom is 0.138 e. The second-order valence-electron chi connectivity index (χ2n) is 6.39. The standard InChI is InChI=1S/C17H21N5O2S/c1-11-15(12(2)24-20-11)6-18-5-13-7-22-16(9-23-8-13)17(19-21-22)14-3-4-25-10-14/h3-4,10,13,18H,5-9H2,1-2H3. The minimum Gasteiger partial charge on any atom is -0.375 e. The summed E-state index contributed by atoms with van der Waals surface area (Å²) in [6.45, 7) is 7.58. The molecule has 4 heterocycles. The molecule has 0 spiro atoms. The van der Waals surface area contributed by atoms with Gasteiger partial charge in [-0.15, -0.1) is 5.10 Å². The van der Waals surface area contributed by atoms with Gasteiger partial charge in [0.25, 0.3) is 0 Å². The average Bonchev–Trinajstić information content (AvgIpc) is 3.29. The summed E-state index contributed by atoms with van der Waals surface area (Å²) in [4.78, 5) is 0. The lowest BCUT2D eigenvalue weighted by molar-refractivity contribution is 0.0941. The molecule has 25 heavy (non-hydrogen) atoms. The van der Waals surface area contributed by atoms with Crippen molar-refractivity contribution in [2.45, 2.75) is 33.5 Å². The minimum absolute atomic E-state index is 0.346. The van der Waals surface area contributed by atoms with Crippen LogP contribution in [0.1, 0.15) is 22.7 Å². The number of aryl methyl sites for hydroxylation is 2. The van der Waals surface area contributed by atoms with Crippen LogP contribution in [0.15, 0.2) is 21.3 Å². The number of ether oxygens (including phenoxy) is 1. The van der Waals surface area contributed by atoms with Crippen LogP contribution in [-0.2, 0) is 24.4 Å². The van der Waals surface area contributed by atoms with Crippen LogP contribution in [0.25, 0.3) is 11.3 Å². The number of aromatic nitrogens is 4. The molecule has 1 unspecified atom stereocenters. The van der Waals surface area contributed by atoms with Crippen LogP contribution in [-0.4, -0.2) is 33.3 Å². The van der Waals surface area contributed by atoms with E-state index in [2.05, 4.69) is 37.6 Å². The Bertz CT molecular complexity index is 820. The van der Waals surface area contributed by atoms with Crippen molar-refractivity contribution in [1.82, 2.24) is 25.5 Å². The van der Waals surface area contributed by atoms with E-state index >= 15 is 0 Å². The average molecular weight is 359 g/mol. The van der Waals surface area contributed by atoms with Crippen molar-refractivity contribution in [2.24, 2.45) is 5.92 Å². The first kappa shape index (κ1) is 16.4.